The van der Waals surface area contributed by atoms with E-state index in [2.05, 4.69) is 4.98 Å². The first-order valence-corrected chi connectivity index (χ1v) is 2.91. The van der Waals surface area contributed by atoms with Crippen molar-refractivity contribution in [2.24, 2.45) is 0 Å². The van der Waals surface area contributed by atoms with Gasteiger partial charge in [0.25, 0.3) is 6.01 Å². The van der Waals surface area contributed by atoms with Gasteiger partial charge in [-0.05, 0) is 0 Å². The van der Waals surface area contributed by atoms with Gasteiger partial charge in [-0.3, -0.25) is 0 Å². The summed E-state index contributed by atoms with van der Waals surface area (Å²) in [6, 6.07) is 0.249. The van der Waals surface area contributed by atoms with E-state index in [0.717, 1.165) is 5.76 Å². The van der Waals surface area contributed by atoms with Crippen molar-refractivity contribution >= 4 is 18.4 Å². The Morgan fingerprint density at radius 1 is 1.60 bits per heavy atom. The number of nitrogen functional groups attached to an aromatic ring is 1. The molecule has 1 rings (SSSR count). The molecule has 0 fully saturated rings. The second-order valence-corrected chi connectivity index (χ2v) is 2.26. The molecule has 2 N–H and O–H groups in total. The minimum atomic E-state index is 0. The number of nitrogens with two attached hydrogens (primary N) is 1. The van der Waals surface area contributed by atoms with Gasteiger partial charge >= 0.3 is 0 Å². The van der Waals surface area contributed by atoms with Gasteiger partial charge in [-0.2, -0.15) is 0 Å². The molecule has 3 nitrogen and oxygen atoms in total. The number of anilines is 1. The molecule has 0 saturated heterocycles. The number of halogens is 1. The highest BCUT2D eigenvalue weighted by molar-refractivity contribution is 5.85. The third-order valence-electron chi connectivity index (χ3n) is 1.11. The maximum absolute atomic E-state index is 5.24. The van der Waals surface area contributed by atoms with E-state index in [1.54, 1.807) is 6.20 Å². The second-order valence-electron chi connectivity index (χ2n) is 2.26. The fourth-order valence-corrected chi connectivity index (χ4v) is 0.568. The van der Waals surface area contributed by atoms with Gasteiger partial charge in [-0.25, -0.2) is 4.98 Å². The lowest BCUT2D eigenvalue weighted by atomic mass is 10.2. The summed E-state index contributed by atoms with van der Waals surface area (Å²) in [6.45, 7) is 4.06. The molecular weight excluding hydrogens is 152 g/mol. The number of nitrogens with zero attached hydrogens (tertiary/aromatic N) is 1. The molecule has 0 spiro atoms. The molecule has 0 atom stereocenters. The largest absolute Gasteiger partial charge is 0.429 e. The van der Waals surface area contributed by atoms with Crippen LogP contribution in [0.4, 0.5) is 6.01 Å². The van der Waals surface area contributed by atoms with E-state index in [0.29, 0.717) is 5.92 Å². The summed E-state index contributed by atoms with van der Waals surface area (Å²) >= 11 is 0. The summed E-state index contributed by atoms with van der Waals surface area (Å²) in [5.74, 6) is 1.21. The van der Waals surface area contributed by atoms with Crippen molar-refractivity contribution < 1.29 is 4.42 Å². The molecule has 0 unspecified atom stereocenters. The Morgan fingerprint density at radius 2 is 2.20 bits per heavy atom. The highest BCUT2D eigenvalue weighted by Gasteiger charge is 2.03. The van der Waals surface area contributed by atoms with Gasteiger partial charge in [-0.1, -0.05) is 13.8 Å². The molecule has 1 aromatic rings. The maximum Gasteiger partial charge on any atom is 0.292 e. The maximum atomic E-state index is 5.24. The molecule has 58 valence electrons. The Labute approximate surface area is 66.0 Å². The SMILES string of the molecule is CC(C)c1cnc(N)o1.Cl. The van der Waals surface area contributed by atoms with E-state index < -0.39 is 0 Å². The first-order chi connectivity index (χ1) is 4.20. The molecule has 0 bridgehead atoms. The normalized spacial score (nSPS) is 9.50. The Hall–Kier alpha value is -0.700. The van der Waals surface area contributed by atoms with Gasteiger partial charge in [0.15, 0.2) is 0 Å². The van der Waals surface area contributed by atoms with Crippen LogP contribution in [0.25, 0.3) is 0 Å². The zero-order valence-corrected chi connectivity index (χ0v) is 6.81. The molecule has 0 saturated carbocycles. The van der Waals surface area contributed by atoms with Crippen LogP contribution in [0.3, 0.4) is 0 Å². The molecule has 0 amide bonds. The van der Waals surface area contributed by atoms with Crippen molar-refractivity contribution in [3.8, 4) is 0 Å². The van der Waals surface area contributed by atoms with E-state index in [1.165, 1.54) is 0 Å². The monoisotopic (exact) mass is 162 g/mol. The van der Waals surface area contributed by atoms with Crippen LogP contribution in [-0.4, -0.2) is 4.98 Å². The minimum Gasteiger partial charge on any atom is -0.429 e. The standard InChI is InChI=1S/C6H10N2O.ClH/c1-4(2)5-3-8-6(7)9-5;/h3-4H,1-2H3,(H2,7,8);1H. The highest BCUT2D eigenvalue weighted by Crippen LogP contribution is 2.15. The number of hydrogen-bond acceptors (Lipinski definition) is 3. The van der Waals surface area contributed by atoms with Crippen LogP contribution in [-0.2, 0) is 0 Å². The summed E-state index contributed by atoms with van der Waals surface area (Å²) in [5, 5.41) is 0. The number of aromatic nitrogens is 1. The van der Waals surface area contributed by atoms with E-state index in [-0.39, 0.29) is 18.4 Å². The third-order valence-corrected chi connectivity index (χ3v) is 1.11. The fraction of sp³-hybridized carbons (Fsp3) is 0.500. The quantitative estimate of drug-likeness (QED) is 0.685. The predicted octanol–water partition coefficient (Wildman–Crippen LogP) is 1.80. The Morgan fingerprint density at radius 3 is 2.40 bits per heavy atom. The second kappa shape index (κ2) is 3.46. The minimum absolute atomic E-state index is 0. The fourth-order valence-electron chi connectivity index (χ4n) is 0.568. The Kier molecular flexibility index (Phi) is 3.22. The van der Waals surface area contributed by atoms with Gasteiger partial charge < -0.3 is 10.2 Å². The summed E-state index contributed by atoms with van der Waals surface area (Å²) in [5.41, 5.74) is 5.24. The Balaban J connectivity index is 0.000000810. The number of oxazole rings is 1. The van der Waals surface area contributed by atoms with Crippen LogP contribution in [0.5, 0.6) is 0 Å². The molecule has 1 heterocycles. The lowest BCUT2D eigenvalue weighted by molar-refractivity contribution is 0.499. The van der Waals surface area contributed by atoms with E-state index in [1.807, 2.05) is 13.8 Å². The zero-order valence-electron chi connectivity index (χ0n) is 6.00. The number of rotatable bonds is 1. The molecule has 0 aromatic carbocycles. The van der Waals surface area contributed by atoms with E-state index >= 15 is 0 Å². The topological polar surface area (TPSA) is 52.0 Å². The molecule has 10 heavy (non-hydrogen) atoms. The molecule has 0 aliphatic heterocycles. The van der Waals surface area contributed by atoms with Crippen molar-refractivity contribution in [3.63, 3.8) is 0 Å². The summed E-state index contributed by atoms with van der Waals surface area (Å²) in [4.78, 5) is 3.75. The molecule has 1 aromatic heterocycles. The van der Waals surface area contributed by atoms with E-state index in [4.69, 9.17) is 10.2 Å². The van der Waals surface area contributed by atoms with Crippen molar-refractivity contribution in [2.45, 2.75) is 19.8 Å². The summed E-state index contributed by atoms with van der Waals surface area (Å²) < 4.78 is 5.01. The Bertz CT molecular complexity index is 197. The van der Waals surface area contributed by atoms with Gasteiger partial charge in [0.05, 0.1) is 6.20 Å². The van der Waals surface area contributed by atoms with Gasteiger partial charge in [0.1, 0.15) is 5.76 Å². The molecule has 4 heteroatoms. The molecule has 0 radical (unpaired) electrons. The van der Waals surface area contributed by atoms with Crippen LogP contribution in [0.15, 0.2) is 10.6 Å². The lowest BCUT2D eigenvalue weighted by Gasteiger charge is -1.94. The predicted molar refractivity (Wildman–Crippen MR) is 42.3 cm³/mol. The molecule has 0 aliphatic carbocycles. The molecule has 0 aliphatic rings. The van der Waals surface area contributed by atoms with Gasteiger partial charge in [0.2, 0.25) is 0 Å². The van der Waals surface area contributed by atoms with Crippen molar-refractivity contribution in [2.75, 3.05) is 5.73 Å². The first kappa shape index (κ1) is 9.30. The van der Waals surface area contributed by atoms with Crippen LogP contribution < -0.4 is 5.73 Å². The van der Waals surface area contributed by atoms with Crippen LogP contribution in [0.1, 0.15) is 25.5 Å². The van der Waals surface area contributed by atoms with Crippen LogP contribution in [0, 0.1) is 0 Å². The molecular formula is C6H11ClN2O. The van der Waals surface area contributed by atoms with Gasteiger partial charge in [-0.15, -0.1) is 12.4 Å². The lowest BCUT2D eigenvalue weighted by Crippen LogP contribution is -1.82. The van der Waals surface area contributed by atoms with Crippen LogP contribution >= 0.6 is 12.4 Å². The summed E-state index contributed by atoms with van der Waals surface area (Å²) in [6.07, 6.45) is 1.65. The van der Waals surface area contributed by atoms with Crippen LogP contribution in [0.2, 0.25) is 0 Å². The van der Waals surface area contributed by atoms with Gasteiger partial charge in [0, 0.05) is 5.92 Å². The average molecular weight is 163 g/mol. The first-order valence-electron chi connectivity index (χ1n) is 2.91. The zero-order chi connectivity index (χ0) is 6.85. The third kappa shape index (κ3) is 1.92. The summed E-state index contributed by atoms with van der Waals surface area (Å²) in [7, 11) is 0. The van der Waals surface area contributed by atoms with Crippen molar-refractivity contribution in [3.05, 3.63) is 12.0 Å². The average Bonchev–Trinajstić information content (AvgIpc) is 2.14. The van der Waals surface area contributed by atoms with Crippen molar-refractivity contribution in [1.82, 2.24) is 4.98 Å². The smallest absolute Gasteiger partial charge is 0.292 e. The van der Waals surface area contributed by atoms with E-state index in [9.17, 15) is 0 Å². The highest BCUT2D eigenvalue weighted by atomic mass is 35.5. The van der Waals surface area contributed by atoms with Crippen molar-refractivity contribution in [1.29, 1.82) is 0 Å². The number of hydrogen-bond donors (Lipinski definition) is 1.